The van der Waals surface area contributed by atoms with Crippen LogP contribution in [0.1, 0.15) is 66.2 Å². The van der Waals surface area contributed by atoms with Gasteiger partial charge in [-0.25, -0.2) is 4.99 Å². The summed E-state index contributed by atoms with van der Waals surface area (Å²) in [6, 6.07) is 15.1. The summed E-state index contributed by atoms with van der Waals surface area (Å²) in [4.78, 5) is 32.3. The summed E-state index contributed by atoms with van der Waals surface area (Å²) in [5, 5.41) is 5.38. The molecular weight excluding hydrogens is 554 g/mol. The summed E-state index contributed by atoms with van der Waals surface area (Å²) in [7, 11) is 0. The summed E-state index contributed by atoms with van der Waals surface area (Å²) in [5.74, 6) is 0.105. The maximum absolute atomic E-state index is 13.7. The number of rotatable bonds is 7. The SMILES string of the molecule is CCOC(=O)Cn1c(C)c(C=Nc2sc3c(c2C(=O)Nc2ccc(Cl)cc2)CC[C@H](C(C)(C)C)C3)c2ccccc21. The third-order valence-corrected chi connectivity index (χ3v) is 9.40. The lowest BCUT2D eigenvalue weighted by Gasteiger charge is -2.33. The van der Waals surface area contributed by atoms with Crippen molar-refractivity contribution in [1.29, 1.82) is 0 Å². The fourth-order valence-corrected chi connectivity index (χ4v) is 7.04. The normalized spacial score (nSPS) is 15.3. The van der Waals surface area contributed by atoms with Crippen LogP contribution in [0.15, 0.2) is 53.5 Å². The molecule has 0 fully saturated rings. The number of aliphatic imine (C=N–C) groups is 1. The molecule has 41 heavy (non-hydrogen) atoms. The van der Waals surface area contributed by atoms with Gasteiger partial charge in [0.15, 0.2) is 0 Å². The maximum atomic E-state index is 13.7. The fraction of sp³-hybridized carbons (Fsp3) is 0.364. The van der Waals surface area contributed by atoms with Crippen LogP contribution in [0.2, 0.25) is 5.02 Å². The molecule has 0 saturated heterocycles. The van der Waals surface area contributed by atoms with Gasteiger partial charge >= 0.3 is 5.97 Å². The molecule has 0 saturated carbocycles. The number of benzene rings is 2. The number of aromatic nitrogens is 1. The van der Waals surface area contributed by atoms with Crippen molar-refractivity contribution in [3.8, 4) is 0 Å². The first-order valence-corrected chi connectivity index (χ1v) is 15.2. The number of para-hydroxylation sites is 1. The quantitative estimate of drug-likeness (QED) is 0.174. The highest BCUT2D eigenvalue weighted by atomic mass is 35.5. The van der Waals surface area contributed by atoms with Crippen LogP contribution in [-0.4, -0.2) is 29.3 Å². The topological polar surface area (TPSA) is 72.7 Å². The summed E-state index contributed by atoms with van der Waals surface area (Å²) < 4.78 is 7.19. The predicted molar refractivity (Wildman–Crippen MR) is 169 cm³/mol. The molecule has 0 bridgehead atoms. The van der Waals surface area contributed by atoms with E-state index in [-0.39, 0.29) is 23.8 Å². The average Bonchev–Trinajstić information content (AvgIpc) is 3.42. The molecule has 2 aromatic carbocycles. The third kappa shape index (κ3) is 6.11. The number of hydrogen-bond acceptors (Lipinski definition) is 5. The van der Waals surface area contributed by atoms with E-state index in [4.69, 9.17) is 21.3 Å². The molecule has 1 aliphatic carbocycles. The fourth-order valence-electron chi connectivity index (χ4n) is 5.65. The second kappa shape index (κ2) is 11.8. The molecule has 0 spiro atoms. The summed E-state index contributed by atoms with van der Waals surface area (Å²) in [6.07, 6.45) is 4.68. The lowest BCUT2D eigenvalue weighted by Crippen LogP contribution is -2.27. The number of hydrogen-bond donors (Lipinski definition) is 1. The van der Waals surface area contributed by atoms with Crippen LogP contribution in [0.5, 0.6) is 0 Å². The molecule has 0 radical (unpaired) electrons. The molecule has 1 atom stereocenters. The van der Waals surface area contributed by atoms with Gasteiger partial charge in [-0.05, 0) is 80.3 Å². The Hall–Kier alpha value is -3.42. The van der Waals surface area contributed by atoms with Crippen molar-refractivity contribution in [1.82, 2.24) is 4.57 Å². The highest BCUT2D eigenvalue weighted by Crippen LogP contribution is 2.45. The van der Waals surface area contributed by atoms with Gasteiger partial charge in [-0.2, -0.15) is 0 Å². The zero-order chi connectivity index (χ0) is 29.3. The number of anilines is 1. The van der Waals surface area contributed by atoms with Gasteiger partial charge in [0.2, 0.25) is 0 Å². The van der Waals surface area contributed by atoms with Crippen LogP contribution in [0.25, 0.3) is 10.9 Å². The lowest BCUT2D eigenvalue weighted by atomic mass is 9.72. The number of fused-ring (bicyclic) bond motifs is 2. The van der Waals surface area contributed by atoms with Gasteiger partial charge in [-0.3, -0.25) is 9.59 Å². The Morgan fingerprint density at radius 3 is 2.61 bits per heavy atom. The number of ether oxygens (including phenoxy) is 1. The van der Waals surface area contributed by atoms with Crippen molar-refractivity contribution < 1.29 is 14.3 Å². The van der Waals surface area contributed by atoms with Gasteiger partial charge in [0.25, 0.3) is 5.91 Å². The molecule has 4 aromatic rings. The minimum Gasteiger partial charge on any atom is -0.465 e. The molecule has 2 heterocycles. The van der Waals surface area contributed by atoms with Crippen LogP contribution in [0, 0.1) is 18.3 Å². The van der Waals surface area contributed by atoms with Gasteiger partial charge in [0.1, 0.15) is 11.5 Å². The third-order valence-electron chi connectivity index (χ3n) is 7.98. The highest BCUT2D eigenvalue weighted by molar-refractivity contribution is 7.16. The lowest BCUT2D eigenvalue weighted by molar-refractivity contribution is -0.143. The molecule has 1 N–H and O–H groups in total. The number of amides is 1. The first-order valence-electron chi connectivity index (χ1n) is 14.1. The number of carbonyl (C=O) groups is 2. The number of halogens is 1. The van der Waals surface area contributed by atoms with E-state index in [1.54, 1.807) is 35.6 Å². The van der Waals surface area contributed by atoms with Crippen LogP contribution in [-0.2, 0) is 28.9 Å². The van der Waals surface area contributed by atoms with E-state index in [0.29, 0.717) is 33.8 Å². The van der Waals surface area contributed by atoms with E-state index >= 15 is 0 Å². The zero-order valence-corrected chi connectivity index (χ0v) is 25.8. The van der Waals surface area contributed by atoms with Gasteiger partial charge < -0.3 is 14.6 Å². The van der Waals surface area contributed by atoms with Crippen LogP contribution in [0.4, 0.5) is 10.7 Å². The maximum Gasteiger partial charge on any atom is 0.325 e. The molecule has 5 rings (SSSR count). The van der Waals surface area contributed by atoms with Crippen molar-refractivity contribution in [2.24, 2.45) is 16.3 Å². The Morgan fingerprint density at radius 1 is 1.17 bits per heavy atom. The van der Waals surface area contributed by atoms with Crippen molar-refractivity contribution in [2.75, 3.05) is 11.9 Å². The van der Waals surface area contributed by atoms with Gasteiger partial charge in [-0.15, -0.1) is 11.3 Å². The molecule has 0 aliphatic heterocycles. The second-order valence-corrected chi connectivity index (χ2v) is 13.1. The van der Waals surface area contributed by atoms with Gasteiger partial charge in [-0.1, -0.05) is 50.6 Å². The van der Waals surface area contributed by atoms with E-state index in [9.17, 15) is 9.59 Å². The highest BCUT2D eigenvalue weighted by Gasteiger charge is 2.33. The largest absolute Gasteiger partial charge is 0.465 e. The molecule has 8 heteroatoms. The zero-order valence-electron chi connectivity index (χ0n) is 24.2. The molecular formula is C33H36ClN3O3S. The molecule has 6 nitrogen and oxygen atoms in total. The van der Waals surface area contributed by atoms with E-state index in [1.807, 2.05) is 48.9 Å². The van der Waals surface area contributed by atoms with Crippen molar-refractivity contribution in [3.05, 3.63) is 80.8 Å². The van der Waals surface area contributed by atoms with Crippen LogP contribution < -0.4 is 5.32 Å². The van der Waals surface area contributed by atoms with E-state index < -0.39 is 0 Å². The Morgan fingerprint density at radius 2 is 1.90 bits per heavy atom. The Labute approximate surface area is 250 Å². The molecule has 1 amide bonds. The minimum atomic E-state index is -0.277. The average molecular weight is 590 g/mol. The smallest absolute Gasteiger partial charge is 0.325 e. The number of carbonyl (C=O) groups excluding carboxylic acids is 2. The Balaban J connectivity index is 1.56. The second-order valence-electron chi connectivity index (χ2n) is 11.6. The summed E-state index contributed by atoms with van der Waals surface area (Å²) in [6.45, 7) is 11.1. The standard InChI is InChI=1S/C33H36ClN3O3S/c1-6-40-29(38)19-37-20(2)26(24-9-7-8-10-27(24)37)18-35-32-30(31(39)36-23-14-12-22(34)13-15-23)25-16-11-21(33(3,4)5)17-28(25)41-32/h7-10,12-15,18,21H,6,11,16-17,19H2,1-5H3,(H,36,39)/t21-/m0/s1. The number of nitrogens with zero attached hydrogens (tertiary/aromatic N) is 2. The van der Waals surface area contributed by atoms with Gasteiger partial charge in [0, 0.05) is 44.0 Å². The van der Waals surface area contributed by atoms with E-state index in [0.717, 1.165) is 47.0 Å². The first kappa shape index (κ1) is 29.1. The number of esters is 1. The summed E-state index contributed by atoms with van der Waals surface area (Å²) >= 11 is 7.68. The first-order chi connectivity index (χ1) is 19.6. The van der Waals surface area contributed by atoms with Crippen LogP contribution >= 0.6 is 22.9 Å². The van der Waals surface area contributed by atoms with Crippen LogP contribution in [0.3, 0.4) is 0 Å². The Bertz CT molecular complexity index is 1630. The summed E-state index contributed by atoms with van der Waals surface area (Å²) in [5.41, 5.74) is 5.42. The van der Waals surface area contributed by atoms with E-state index in [1.165, 1.54) is 4.88 Å². The van der Waals surface area contributed by atoms with Gasteiger partial charge in [0.05, 0.1) is 12.2 Å². The van der Waals surface area contributed by atoms with Crippen molar-refractivity contribution in [2.45, 2.75) is 60.4 Å². The van der Waals surface area contributed by atoms with E-state index in [2.05, 4.69) is 26.1 Å². The molecule has 1 aliphatic rings. The minimum absolute atomic E-state index is 0.129. The Kier molecular flexibility index (Phi) is 8.39. The predicted octanol–water partition coefficient (Wildman–Crippen LogP) is 8.38. The molecule has 0 unspecified atom stereocenters. The van der Waals surface area contributed by atoms with Crippen molar-refractivity contribution in [3.63, 3.8) is 0 Å². The molecule has 214 valence electrons. The monoisotopic (exact) mass is 589 g/mol. The van der Waals surface area contributed by atoms with Crippen molar-refractivity contribution >= 4 is 62.6 Å². The number of thiophene rings is 1. The molecule has 2 aromatic heterocycles. The number of nitrogens with one attached hydrogen (secondary N) is 1.